The molecule has 0 radical (unpaired) electrons. The van der Waals surface area contributed by atoms with E-state index < -0.39 is 18.1 Å². The molecule has 3 N–H and O–H groups in total. The van der Waals surface area contributed by atoms with Gasteiger partial charge in [-0.05, 0) is 37.5 Å². The Balaban J connectivity index is 3.11. The van der Waals surface area contributed by atoms with Crippen LogP contribution in [0.4, 0.5) is 0 Å². The van der Waals surface area contributed by atoms with Crippen molar-refractivity contribution in [2.24, 2.45) is 0 Å². The first kappa shape index (κ1) is 16.7. The second-order valence-electron chi connectivity index (χ2n) is 5.78. The van der Waals surface area contributed by atoms with Crippen LogP contribution in [-0.2, 0) is 4.79 Å². The number of aliphatic carboxylic acids is 1. The van der Waals surface area contributed by atoms with Gasteiger partial charge in [0.15, 0.2) is 0 Å². The summed E-state index contributed by atoms with van der Waals surface area (Å²) in [6.45, 7) is 9.79. The molecule has 4 nitrogen and oxygen atoms in total. The summed E-state index contributed by atoms with van der Waals surface area (Å²) >= 11 is 0. The fraction of sp³-hybridized carbons (Fsp3) is 0.562. The second kappa shape index (κ2) is 6.86. The number of aliphatic hydroxyl groups is 1. The first-order valence-electron chi connectivity index (χ1n) is 6.96. The van der Waals surface area contributed by atoms with Crippen molar-refractivity contribution >= 4 is 5.97 Å². The molecule has 0 saturated carbocycles. The molecule has 20 heavy (non-hydrogen) atoms. The Labute approximate surface area is 120 Å². The van der Waals surface area contributed by atoms with E-state index in [1.807, 2.05) is 46.8 Å². The predicted octanol–water partition coefficient (Wildman–Crippen LogP) is 2.49. The van der Waals surface area contributed by atoms with Crippen LogP contribution in [0.2, 0.25) is 0 Å². The third-order valence-electron chi connectivity index (χ3n) is 3.36. The van der Waals surface area contributed by atoms with Gasteiger partial charge in [0.25, 0.3) is 0 Å². The van der Waals surface area contributed by atoms with Gasteiger partial charge in [0.2, 0.25) is 0 Å². The highest BCUT2D eigenvalue weighted by Crippen LogP contribution is 2.27. The maximum absolute atomic E-state index is 11.0. The third-order valence-corrected chi connectivity index (χ3v) is 3.36. The number of nitrogens with one attached hydrogen (secondary N) is 1. The van der Waals surface area contributed by atoms with E-state index in [0.717, 1.165) is 22.3 Å². The van der Waals surface area contributed by atoms with Crippen molar-refractivity contribution in [3.63, 3.8) is 0 Å². The smallest absolute Gasteiger partial charge is 0.305 e. The van der Waals surface area contributed by atoms with E-state index in [1.165, 1.54) is 0 Å². The van der Waals surface area contributed by atoms with Gasteiger partial charge in [0, 0.05) is 12.1 Å². The lowest BCUT2D eigenvalue weighted by atomic mass is 9.90. The minimum atomic E-state index is -0.912. The van der Waals surface area contributed by atoms with Crippen molar-refractivity contribution < 1.29 is 15.0 Å². The van der Waals surface area contributed by atoms with Crippen LogP contribution in [0.3, 0.4) is 0 Å². The normalized spacial score (nSPS) is 14.3. The molecule has 0 aliphatic rings. The Morgan fingerprint density at radius 1 is 1.20 bits per heavy atom. The first-order chi connectivity index (χ1) is 9.22. The standard InChI is InChI=1S/C16H25NO3/c1-9(2)17-13(8-14(18)19)16(20)15-11(4)6-10(3)7-12(15)5/h6-7,9,13,16-17,20H,8H2,1-5H3,(H,18,19). The molecule has 0 fully saturated rings. The lowest BCUT2D eigenvalue weighted by molar-refractivity contribution is -0.138. The van der Waals surface area contributed by atoms with E-state index in [9.17, 15) is 9.90 Å². The summed E-state index contributed by atoms with van der Waals surface area (Å²) in [5.74, 6) is -0.912. The lowest BCUT2D eigenvalue weighted by Crippen LogP contribution is -2.41. The van der Waals surface area contributed by atoms with E-state index >= 15 is 0 Å². The SMILES string of the molecule is Cc1cc(C)c(C(O)C(CC(=O)O)NC(C)C)c(C)c1. The second-order valence-corrected chi connectivity index (χ2v) is 5.78. The number of carboxylic acid groups (broad SMARTS) is 1. The van der Waals surface area contributed by atoms with E-state index in [2.05, 4.69) is 5.32 Å². The van der Waals surface area contributed by atoms with Crippen LogP contribution in [0.1, 0.15) is 48.6 Å². The summed E-state index contributed by atoms with van der Waals surface area (Å²) in [7, 11) is 0. The van der Waals surface area contributed by atoms with Crippen LogP contribution >= 0.6 is 0 Å². The number of aliphatic hydroxyl groups excluding tert-OH is 1. The Morgan fingerprint density at radius 2 is 1.70 bits per heavy atom. The molecule has 0 aliphatic heterocycles. The molecule has 2 unspecified atom stereocenters. The van der Waals surface area contributed by atoms with Gasteiger partial charge >= 0.3 is 5.97 Å². The molecule has 1 rings (SSSR count). The summed E-state index contributed by atoms with van der Waals surface area (Å²) < 4.78 is 0. The van der Waals surface area contributed by atoms with Crippen molar-refractivity contribution in [1.29, 1.82) is 0 Å². The Bertz CT molecular complexity index is 460. The van der Waals surface area contributed by atoms with Crippen LogP contribution in [0, 0.1) is 20.8 Å². The Kier molecular flexibility index (Phi) is 5.72. The highest BCUT2D eigenvalue weighted by atomic mass is 16.4. The highest BCUT2D eigenvalue weighted by molar-refractivity contribution is 5.67. The summed E-state index contributed by atoms with van der Waals surface area (Å²) in [6, 6.07) is 3.64. The van der Waals surface area contributed by atoms with E-state index in [4.69, 9.17) is 5.11 Å². The maximum atomic E-state index is 11.0. The van der Waals surface area contributed by atoms with E-state index in [-0.39, 0.29) is 12.5 Å². The van der Waals surface area contributed by atoms with Gasteiger partial charge in [-0.1, -0.05) is 31.5 Å². The van der Waals surface area contributed by atoms with Gasteiger partial charge in [-0.2, -0.15) is 0 Å². The molecular formula is C16H25NO3. The van der Waals surface area contributed by atoms with Crippen LogP contribution in [0.15, 0.2) is 12.1 Å². The van der Waals surface area contributed by atoms with Crippen molar-refractivity contribution in [3.8, 4) is 0 Å². The molecule has 0 bridgehead atoms. The lowest BCUT2D eigenvalue weighted by Gasteiger charge is -2.27. The Hall–Kier alpha value is -1.39. The van der Waals surface area contributed by atoms with Crippen LogP contribution in [0.5, 0.6) is 0 Å². The quantitative estimate of drug-likeness (QED) is 0.748. The molecule has 1 aromatic carbocycles. The van der Waals surface area contributed by atoms with Crippen molar-refractivity contribution in [1.82, 2.24) is 5.32 Å². The van der Waals surface area contributed by atoms with Gasteiger partial charge in [0.1, 0.15) is 0 Å². The average Bonchev–Trinajstić information content (AvgIpc) is 2.24. The number of benzene rings is 1. The molecule has 2 atom stereocenters. The van der Waals surface area contributed by atoms with Gasteiger partial charge in [-0.3, -0.25) is 4.79 Å². The molecule has 0 heterocycles. The molecule has 4 heteroatoms. The molecule has 0 amide bonds. The topological polar surface area (TPSA) is 69.6 Å². The number of rotatable bonds is 6. The van der Waals surface area contributed by atoms with Crippen molar-refractivity contribution in [3.05, 3.63) is 34.4 Å². The minimum Gasteiger partial charge on any atom is -0.481 e. The fourth-order valence-corrected chi connectivity index (χ4v) is 2.74. The zero-order valence-electron chi connectivity index (χ0n) is 12.9. The maximum Gasteiger partial charge on any atom is 0.305 e. The number of aryl methyl sites for hydroxylation is 3. The predicted molar refractivity (Wildman–Crippen MR) is 79.9 cm³/mol. The Morgan fingerprint density at radius 3 is 2.10 bits per heavy atom. The molecular weight excluding hydrogens is 254 g/mol. The highest BCUT2D eigenvalue weighted by Gasteiger charge is 2.26. The fourth-order valence-electron chi connectivity index (χ4n) is 2.74. The number of hydrogen-bond acceptors (Lipinski definition) is 3. The van der Waals surface area contributed by atoms with Crippen LogP contribution < -0.4 is 5.32 Å². The monoisotopic (exact) mass is 279 g/mol. The van der Waals surface area contributed by atoms with Crippen molar-refractivity contribution in [2.75, 3.05) is 0 Å². The van der Waals surface area contributed by atoms with Gasteiger partial charge in [-0.15, -0.1) is 0 Å². The number of hydrogen-bond donors (Lipinski definition) is 3. The molecule has 1 aromatic rings. The zero-order valence-corrected chi connectivity index (χ0v) is 12.9. The van der Waals surface area contributed by atoms with Gasteiger partial charge in [-0.25, -0.2) is 0 Å². The first-order valence-corrected chi connectivity index (χ1v) is 6.96. The summed E-state index contributed by atoms with van der Waals surface area (Å²) in [4.78, 5) is 11.0. The van der Waals surface area contributed by atoms with E-state index in [1.54, 1.807) is 0 Å². The van der Waals surface area contributed by atoms with E-state index in [0.29, 0.717) is 0 Å². The molecule has 0 aromatic heterocycles. The summed E-state index contributed by atoms with van der Waals surface area (Å²) in [5.41, 5.74) is 3.96. The molecule has 0 aliphatic carbocycles. The van der Waals surface area contributed by atoms with Crippen LogP contribution in [0.25, 0.3) is 0 Å². The minimum absolute atomic E-state index is 0.105. The van der Waals surface area contributed by atoms with Gasteiger partial charge < -0.3 is 15.5 Å². The van der Waals surface area contributed by atoms with Crippen LogP contribution in [-0.4, -0.2) is 28.3 Å². The number of carbonyl (C=O) groups is 1. The molecule has 0 saturated heterocycles. The summed E-state index contributed by atoms with van der Waals surface area (Å²) in [5, 5.41) is 22.8. The summed E-state index contributed by atoms with van der Waals surface area (Å²) in [6.07, 6.45) is -0.930. The third kappa shape index (κ3) is 4.32. The van der Waals surface area contributed by atoms with Gasteiger partial charge in [0.05, 0.1) is 12.5 Å². The average molecular weight is 279 g/mol. The largest absolute Gasteiger partial charge is 0.481 e. The number of carboxylic acids is 1. The molecule has 0 spiro atoms. The van der Waals surface area contributed by atoms with Crippen molar-refractivity contribution in [2.45, 2.75) is 59.2 Å². The molecule has 112 valence electrons. The zero-order chi connectivity index (χ0) is 15.4.